The van der Waals surface area contributed by atoms with Crippen molar-refractivity contribution in [2.75, 3.05) is 12.9 Å². The molecule has 1 aliphatic rings. The first-order valence-electron chi connectivity index (χ1n) is 17.0. The summed E-state index contributed by atoms with van der Waals surface area (Å²) in [4.78, 5) is 20.6. The summed E-state index contributed by atoms with van der Waals surface area (Å²) >= 11 is 17.6. The molecule has 6 rings (SSSR count). The van der Waals surface area contributed by atoms with Crippen LogP contribution in [0.15, 0.2) is 88.5 Å². The molecule has 14 heteroatoms. The van der Waals surface area contributed by atoms with E-state index in [1.807, 2.05) is 36.4 Å². The van der Waals surface area contributed by atoms with Crippen LogP contribution in [-0.2, 0) is 47.1 Å². The van der Waals surface area contributed by atoms with E-state index in [9.17, 15) is 23.4 Å². The number of aliphatic hydroxyl groups excluding tert-OH is 1. The van der Waals surface area contributed by atoms with E-state index in [-0.39, 0.29) is 48.8 Å². The van der Waals surface area contributed by atoms with Crippen LogP contribution in [0.2, 0.25) is 10.0 Å². The number of hydrogen-bond acceptors (Lipinski definition) is 9. The average molecular weight is 856 g/mol. The first kappa shape index (κ1) is 39.6. The molecule has 282 valence electrons. The van der Waals surface area contributed by atoms with Gasteiger partial charge in [-0.05, 0) is 77.4 Å². The molecule has 2 atom stereocenters. The molecule has 0 saturated carbocycles. The highest BCUT2D eigenvalue weighted by atomic mass is 79.9. The van der Waals surface area contributed by atoms with Gasteiger partial charge in [-0.3, -0.25) is 9.78 Å². The zero-order valence-corrected chi connectivity index (χ0v) is 33.4. The third-order valence-electron chi connectivity index (χ3n) is 9.58. The number of aliphatic hydroxyl groups is 1. The number of carboxylic acid groups (broad SMARTS) is 1. The fourth-order valence-electron chi connectivity index (χ4n) is 6.29. The van der Waals surface area contributed by atoms with Crippen LogP contribution >= 0.6 is 39.1 Å². The molecule has 10 nitrogen and oxygen atoms in total. The maximum atomic E-state index is 12.1. The number of halogens is 3. The van der Waals surface area contributed by atoms with Gasteiger partial charge in [0.2, 0.25) is 11.8 Å². The van der Waals surface area contributed by atoms with Gasteiger partial charge >= 0.3 is 5.97 Å². The van der Waals surface area contributed by atoms with Crippen LogP contribution in [0.25, 0.3) is 22.3 Å². The van der Waals surface area contributed by atoms with Gasteiger partial charge in [-0.1, -0.05) is 77.8 Å². The Hall–Kier alpha value is -4.04. The number of aliphatic carboxylic acids is 1. The Morgan fingerprint density at radius 3 is 2.33 bits per heavy atom. The maximum Gasteiger partial charge on any atom is 0.311 e. The van der Waals surface area contributed by atoms with Gasteiger partial charge in [0.05, 0.1) is 31.4 Å². The van der Waals surface area contributed by atoms with Crippen molar-refractivity contribution in [2.24, 2.45) is 11.1 Å². The number of fused-ring (bicyclic) bond motifs is 1. The first-order chi connectivity index (χ1) is 25.7. The minimum Gasteiger partial charge on any atom is -0.481 e. The number of sulfone groups is 1. The van der Waals surface area contributed by atoms with Gasteiger partial charge in [-0.2, -0.15) is 4.98 Å². The molecule has 1 aliphatic carbocycles. The molecule has 0 bridgehead atoms. The lowest BCUT2D eigenvalue weighted by Crippen LogP contribution is -2.32. The van der Waals surface area contributed by atoms with E-state index in [2.05, 4.69) is 44.1 Å². The summed E-state index contributed by atoms with van der Waals surface area (Å²) in [7, 11) is -3.51. The lowest BCUT2D eigenvalue weighted by Gasteiger charge is -2.22. The van der Waals surface area contributed by atoms with Gasteiger partial charge < -0.3 is 25.4 Å². The quantitative estimate of drug-likeness (QED) is 0.100. The Bertz CT molecular complexity index is 2340. The molecule has 5 aromatic rings. The Morgan fingerprint density at radius 2 is 1.61 bits per heavy atom. The van der Waals surface area contributed by atoms with Crippen molar-refractivity contribution >= 4 is 54.9 Å². The van der Waals surface area contributed by atoms with E-state index < -0.39 is 27.8 Å². The van der Waals surface area contributed by atoms with Gasteiger partial charge in [0.1, 0.15) is 13.2 Å². The Kier molecular flexibility index (Phi) is 12.0. The smallest absolute Gasteiger partial charge is 0.311 e. The molecule has 0 radical (unpaired) electrons. The van der Waals surface area contributed by atoms with Crippen LogP contribution in [0.1, 0.15) is 41.2 Å². The Morgan fingerprint density at radius 1 is 0.926 bits per heavy atom. The highest BCUT2D eigenvalue weighted by molar-refractivity contribution is 9.10. The summed E-state index contributed by atoms with van der Waals surface area (Å²) in [5.41, 5.74) is 12.4. The minimum absolute atomic E-state index is 0.0291. The third-order valence-corrected chi connectivity index (χ3v) is 12.1. The van der Waals surface area contributed by atoms with E-state index in [4.69, 9.17) is 38.4 Å². The van der Waals surface area contributed by atoms with E-state index in [0.717, 1.165) is 41.4 Å². The number of aryl methyl sites for hydroxylation is 1. The summed E-state index contributed by atoms with van der Waals surface area (Å²) in [6.45, 7) is 0.848. The zero-order valence-electron chi connectivity index (χ0n) is 29.5. The van der Waals surface area contributed by atoms with Crippen LogP contribution in [0.5, 0.6) is 11.8 Å². The average Bonchev–Trinajstić information content (AvgIpc) is 3.52. The van der Waals surface area contributed by atoms with Gasteiger partial charge in [-0.15, -0.1) is 0 Å². The highest BCUT2D eigenvalue weighted by Crippen LogP contribution is 2.41. The monoisotopic (exact) mass is 853 g/mol. The summed E-state index contributed by atoms with van der Waals surface area (Å²) in [6, 6.07) is 21.1. The molecule has 2 heterocycles. The number of carboxylic acids is 1. The molecule has 0 saturated heterocycles. The largest absolute Gasteiger partial charge is 0.481 e. The number of rotatable bonds is 14. The van der Waals surface area contributed by atoms with Crippen LogP contribution in [0.4, 0.5) is 0 Å². The molecule has 0 unspecified atom stereocenters. The first-order valence-corrected chi connectivity index (χ1v) is 20.5. The number of hydrogen-bond donors (Lipinski definition) is 3. The molecule has 0 fully saturated rings. The number of nitrogens with two attached hydrogens (primary N) is 1. The molecule has 3 aromatic carbocycles. The Labute approximate surface area is 332 Å². The fourth-order valence-corrected chi connectivity index (χ4v) is 8.01. The number of ether oxygens (including phenoxy) is 2. The lowest BCUT2D eigenvalue weighted by atomic mass is 9.85. The second-order valence-corrected chi connectivity index (χ2v) is 17.4. The molecule has 0 aliphatic heterocycles. The van der Waals surface area contributed by atoms with E-state index in [1.54, 1.807) is 6.07 Å². The molecular formula is C40H38BrCl2N3O7S. The second-order valence-electron chi connectivity index (χ2n) is 13.7. The van der Waals surface area contributed by atoms with Crippen molar-refractivity contribution in [2.45, 2.75) is 56.8 Å². The normalized spacial score (nSPS) is 15.1. The standard InChI is InChI=1S/C40H38BrCl2N3O7S/c1-40(22-47,39(48)49)12-11-26-17-34(41)38(46-37(26)52-20-23-13-30(19-45-18-23)54(2,50)51)53-21-27-5-3-7-32(35(27)42)33-8-4-6-31(36(33)43)25-10-9-24-15-29(44)16-28(24)14-25/h3-10,13-14,17-19,29,47H,11-12,15-16,20-22,44H2,1-2H3,(H,48,49)/t29-,40-/m0/s1. The van der Waals surface area contributed by atoms with Crippen molar-refractivity contribution in [3.8, 4) is 34.0 Å². The summed E-state index contributed by atoms with van der Waals surface area (Å²) in [5.74, 6) is -0.818. The predicted octanol–water partition coefficient (Wildman–Crippen LogP) is 7.88. The van der Waals surface area contributed by atoms with Gasteiger partial charge in [-0.25, -0.2) is 8.42 Å². The Balaban J connectivity index is 1.26. The van der Waals surface area contributed by atoms with Crippen molar-refractivity contribution in [1.29, 1.82) is 0 Å². The van der Waals surface area contributed by atoms with Gasteiger partial charge in [0.15, 0.2) is 9.84 Å². The van der Waals surface area contributed by atoms with Gasteiger partial charge in [0, 0.05) is 58.1 Å². The number of carbonyl (C=O) groups is 1. The molecule has 2 aromatic heterocycles. The summed E-state index contributed by atoms with van der Waals surface area (Å²) in [6.07, 6.45) is 5.81. The number of pyridine rings is 2. The predicted molar refractivity (Wildman–Crippen MR) is 212 cm³/mol. The zero-order chi connectivity index (χ0) is 38.8. The van der Waals surface area contributed by atoms with Crippen molar-refractivity contribution in [1.82, 2.24) is 9.97 Å². The van der Waals surface area contributed by atoms with Crippen LogP contribution < -0.4 is 15.2 Å². The molecule has 4 N–H and O–H groups in total. The summed E-state index contributed by atoms with van der Waals surface area (Å²) < 4.78 is 37.0. The molecule has 0 amide bonds. The molecule has 54 heavy (non-hydrogen) atoms. The topological polar surface area (TPSA) is 162 Å². The second kappa shape index (κ2) is 16.4. The van der Waals surface area contributed by atoms with E-state index >= 15 is 0 Å². The third kappa shape index (κ3) is 8.75. The van der Waals surface area contributed by atoms with E-state index in [1.165, 1.54) is 36.5 Å². The van der Waals surface area contributed by atoms with Gasteiger partial charge in [0.25, 0.3) is 0 Å². The highest BCUT2D eigenvalue weighted by Gasteiger charge is 2.32. The number of nitrogens with zero attached hydrogens (tertiary/aromatic N) is 2. The SMILES string of the molecule is C[C@@](CO)(CCc1cc(Br)c(OCc2cccc(-c3cccc(-c4ccc5c(c4)C[C@@H](N)C5)c3Cl)c2Cl)nc1OCc1cncc(S(C)(=O)=O)c1)C(=O)O. The van der Waals surface area contributed by atoms with Crippen LogP contribution in [-0.4, -0.2) is 53.5 Å². The molecular weight excluding hydrogens is 817 g/mol. The number of aromatic nitrogens is 2. The summed E-state index contributed by atoms with van der Waals surface area (Å²) in [5, 5.41) is 20.6. The van der Waals surface area contributed by atoms with Crippen molar-refractivity contribution in [3.05, 3.63) is 121 Å². The molecule has 0 spiro atoms. The maximum absolute atomic E-state index is 12.1. The fraction of sp³-hybridized carbons (Fsp3) is 0.275. The van der Waals surface area contributed by atoms with Crippen LogP contribution in [0.3, 0.4) is 0 Å². The van der Waals surface area contributed by atoms with Crippen molar-refractivity contribution in [3.63, 3.8) is 0 Å². The van der Waals surface area contributed by atoms with E-state index in [0.29, 0.717) is 31.2 Å². The van der Waals surface area contributed by atoms with Crippen molar-refractivity contribution < 1.29 is 32.9 Å². The van der Waals surface area contributed by atoms with Crippen LogP contribution in [0, 0.1) is 5.41 Å². The minimum atomic E-state index is -3.51. The number of benzene rings is 3. The lowest BCUT2D eigenvalue weighted by molar-refractivity contribution is -0.150.